The number of aromatic nitrogens is 1. The molecule has 0 saturated carbocycles. The molecule has 0 aliphatic carbocycles. The van der Waals surface area contributed by atoms with Crippen LogP contribution < -0.4 is 0 Å². The Morgan fingerprint density at radius 3 is 2.78 bits per heavy atom. The molecule has 1 aromatic heterocycles. The van der Waals surface area contributed by atoms with Crippen molar-refractivity contribution in [3.63, 3.8) is 0 Å². The third-order valence-electron chi connectivity index (χ3n) is 1.99. The second-order valence-electron chi connectivity index (χ2n) is 3.46. The normalized spacial score (nSPS) is 10.7. The highest BCUT2D eigenvalue weighted by atomic mass is 32.1. The van der Waals surface area contributed by atoms with Crippen LogP contribution in [0.3, 0.4) is 0 Å². The van der Waals surface area contributed by atoms with Gasteiger partial charge in [-0.25, -0.2) is 9.78 Å². The number of methoxy groups -OCH3 is 1. The van der Waals surface area contributed by atoms with E-state index in [2.05, 4.69) is 4.98 Å². The number of carboxylic acids is 1. The molecule has 18 heavy (non-hydrogen) atoms. The first-order valence-electron chi connectivity index (χ1n) is 5.56. The van der Waals surface area contributed by atoms with E-state index in [-0.39, 0.29) is 5.01 Å². The first kappa shape index (κ1) is 15.0. The summed E-state index contributed by atoms with van der Waals surface area (Å²) >= 11 is 1.11. The van der Waals surface area contributed by atoms with Crippen LogP contribution in [0.15, 0.2) is 5.38 Å². The van der Waals surface area contributed by atoms with Crippen molar-refractivity contribution in [3.05, 3.63) is 16.1 Å². The molecule has 0 saturated heterocycles. The largest absolute Gasteiger partial charge is 0.476 e. The summed E-state index contributed by atoms with van der Waals surface area (Å²) < 4.78 is 15.5. The molecule has 0 aromatic carbocycles. The molecule has 0 spiro atoms. The summed E-state index contributed by atoms with van der Waals surface area (Å²) in [5.41, 5.74) is 0.651. The lowest BCUT2D eigenvalue weighted by molar-refractivity contribution is 0.0478. The quantitative estimate of drug-likeness (QED) is 0.650. The first-order valence-corrected chi connectivity index (χ1v) is 6.44. The third-order valence-corrected chi connectivity index (χ3v) is 2.87. The molecule has 1 aromatic rings. The Morgan fingerprint density at radius 1 is 1.33 bits per heavy atom. The van der Waals surface area contributed by atoms with Crippen molar-refractivity contribution in [2.24, 2.45) is 0 Å². The van der Waals surface area contributed by atoms with E-state index in [0.29, 0.717) is 38.7 Å². The van der Waals surface area contributed by atoms with Crippen LogP contribution in [-0.4, -0.2) is 49.6 Å². The van der Waals surface area contributed by atoms with Crippen molar-refractivity contribution in [1.29, 1.82) is 0 Å². The van der Waals surface area contributed by atoms with Crippen LogP contribution in [0.4, 0.5) is 0 Å². The molecule has 1 N–H and O–H groups in total. The Hall–Kier alpha value is -1.02. The summed E-state index contributed by atoms with van der Waals surface area (Å²) in [4.78, 5) is 14.5. The number of carboxylic acid groups (broad SMARTS) is 1. The predicted molar refractivity (Wildman–Crippen MR) is 66.0 cm³/mol. The highest BCUT2D eigenvalue weighted by Crippen LogP contribution is 2.10. The van der Waals surface area contributed by atoms with E-state index in [4.69, 9.17) is 19.3 Å². The molecular weight excluding hydrogens is 258 g/mol. The molecule has 0 fully saturated rings. The molecule has 7 heteroatoms. The van der Waals surface area contributed by atoms with E-state index < -0.39 is 5.97 Å². The SMILES string of the molecule is COCCOCCCOCc1csc(C(=O)O)n1. The Bertz CT molecular complexity index is 355. The van der Waals surface area contributed by atoms with Crippen molar-refractivity contribution in [1.82, 2.24) is 4.98 Å². The van der Waals surface area contributed by atoms with Crippen molar-refractivity contribution in [2.75, 3.05) is 33.5 Å². The molecular formula is C11H17NO5S. The second-order valence-corrected chi connectivity index (χ2v) is 4.32. The highest BCUT2D eigenvalue weighted by Gasteiger charge is 2.08. The number of rotatable bonds is 10. The van der Waals surface area contributed by atoms with E-state index in [0.717, 1.165) is 17.8 Å². The van der Waals surface area contributed by atoms with Gasteiger partial charge in [0.25, 0.3) is 0 Å². The maximum Gasteiger partial charge on any atom is 0.365 e. The topological polar surface area (TPSA) is 77.9 Å². The summed E-state index contributed by atoms with van der Waals surface area (Å²) in [5.74, 6) is -1.00. The van der Waals surface area contributed by atoms with Crippen LogP contribution in [0.2, 0.25) is 0 Å². The zero-order chi connectivity index (χ0) is 13.2. The summed E-state index contributed by atoms with van der Waals surface area (Å²) in [6, 6.07) is 0. The minimum atomic E-state index is -1.00. The van der Waals surface area contributed by atoms with E-state index >= 15 is 0 Å². The van der Waals surface area contributed by atoms with Gasteiger partial charge in [-0.15, -0.1) is 11.3 Å². The number of thiazole rings is 1. The molecule has 6 nitrogen and oxygen atoms in total. The van der Waals surface area contributed by atoms with E-state index in [1.54, 1.807) is 12.5 Å². The number of carbonyl (C=O) groups is 1. The Labute approximate surface area is 110 Å². The van der Waals surface area contributed by atoms with Gasteiger partial charge >= 0.3 is 5.97 Å². The average Bonchev–Trinajstić information content (AvgIpc) is 2.81. The predicted octanol–water partition coefficient (Wildman–Crippen LogP) is 1.41. The van der Waals surface area contributed by atoms with Crippen LogP contribution in [0, 0.1) is 0 Å². The van der Waals surface area contributed by atoms with Gasteiger partial charge in [-0.05, 0) is 6.42 Å². The fourth-order valence-corrected chi connectivity index (χ4v) is 1.79. The van der Waals surface area contributed by atoms with Crippen LogP contribution >= 0.6 is 11.3 Å². The third kappa shape index (κ3) is 6.06. The zero-order valence-electron chi connectivity index (χ0n) is 10.3. The molecule has 0 unspecified atom stereocenters. The monoisotopic (exact) mass is 275 g/mol. The lowest BCUT2D eigenvalue weighted by Crippen LogP contribution is -2.05. The fraction of sp³-hybridized carbons (Fsp3) is 0.636. The van der Waals surface area contributed by atoms with Gasteiger partial charge in [0.1, 0.15) is 0 Å². The Balaban J connectivity index is 2.02. The molecule has 0 atom stereocenters. The number of nitrogens with zero attached hydrogens (tertiary/aromatic N) is 1. The number of ether oxygens (including phenoxy) is 3. The van der Waals surface area contributed by atoms with Gasteiger partial charge in [0.2, 0.25) is 5.01 Å². The molecule has 102 valence electrons. The average molecular weight is 275 g/mol. The molecule has 0 aliphatic heterocycles. The molecule has 0 bridgehead atoms. The summed E-state index contributed by atoms with van der Waals surface area (Å²) in [5, 5.41) is 10.5. The molecule has 0 amide bonds. The Kier molecular flexibility index (Phi) is 7.51. The molecule has 1 rings (SSSR count). The van der Waals surface area contributed by atoms with Gasteiger partial charge in [0, 0.05) is 25.7 Å². The fourth-order valence-electron chi connectivity index (χ4n) is 1.16. The van der Waals surface area contributed by atoms with Crippen LogP contribution in [-0.2, 0) is 20.8 Å². The lowest BCUT2D eigenvalue weighted by atomic mass is 10.5. The van der Waals surface area contributed by atoms with Gasteiger partial charge in [-0.3, -0.25) is 0 Å². The lowest BCUT2D eigenvalue weighted by Gasteiger charge is -2.04. The maximum atomic E-state index is 10.6. The van der Waals surface area contributed by atoms with Crippen LogP contribution in [0.5, 0.6) is 0 Å². The van der Waals surface area contributed by atoms with Crippen LogP contribution in [0.25, 0.3) is 0 Å². The maximum absolute atomic E-state index is 10.6. The van der Waals surface area contributed by atoms with Crippen molar-refractivity contribution >= 4 is 17.3 Å². The summed E-state index contributed by atoms with van der Waals surface area (Å²) in [7, 11) is 1.63. The minimum absolute atomic E-state index is 0.0940. The van der Waals surface area contributed by atoms with Gasteiger partial charge in [0.15, 0.2) is 0 Å². The number of hydrogen-bond acceptors (Lipinski definition) is 6. The standard InChI is InChI=1S/C11H17NO5S/c1-15-5-6-16-3-2-4-17-7-9-8-18-10(12-9)11(13)14/h8H,2-7H2,1H3,(H,13,14). The van der Waals surface area contributed by atoms with Crippen molar-refractivity contribution < 1.29 is 24.1 Å². The minimum Gasteiger partial charge on any atom is -0.476 e. The number of hydrogen-bond donors (Lipinski definition) is 1. The van der Waals surface area contributed by atoms with Crippen LogP contribution in [0.1, 0.15) is 21.9 Å². The molecule has 1 heterocycles. The number of aromatic carboxylic acids is 1. The first-order chi connectivity index (χ1) is 8.74. The zero-order valence-corrected chi connectivity index (χ0v) is 11.1. The van der Waals surface area contributed by atoms with Gasteiger partial charge < -0.3 is 19.3 Å². The second kappa shape index (κ2) is 8.98. The van der Waals surface area contributed by atoms with E-state index in [1.807, 2.05) is 0 Å². The van der Waals surface area contributed by atoms with Gasteiger partial charge in [0.05, 0.1) is 25.5 Å². The van der Waals surface area contributed by atoms with Gasteiger partial charge in [-0.2, -0.15) is 0 Å². The smallest absolute Gasteiger partial charge is 0.365 e. The van der Waals surface area contributed by atoms with E-state index in [9.17, 15) is 4.79 Å². The van der Waals surface area contributed by atoms with Crippen molar-refractivity contribution in [2.45, 2.75) is 13.0 Å². The highest BCUT2D eigenvalue weighted by molar-refractivity contribution is 7.11. The van der Waals surface area contributed by atoms with Crippen molar-refractivity contribution in [3.8, 4) is 0 Å². The molecule has 0 aliphatic rings. The summed E-state index contributed by atoms with van der Waals surface area (Å²) in [6.07, 6.45) is 0.791. The summed E-state index contributed by atoms with van der Waals surface area (Å²) in [6.45, 7) is 2.71. The van der Waals surface area contributed by atoms with E-state index in [1.165, 1.54) is 0 Å². The van der Waals surface area contributed by atoms with Gasteiger partial charge in [-0.1, -0.05) is 0 Å². The Morgan fingerprint density at radius 2 is 2.11 bits per heavy atom. The molecule has 0 radical (unpaired) electrons.